The van der Waals surface area contributed by atoms with Crippen LogP contribution in [-0.2, 0) is 4.79 Å². The molecule has 1 saturated heterocycles. The molecule has 1 saturated carbocycles. The highest BCUT2D eigenvalue weighted by Crippen LogP contribution is 2.42. The maximum Gasteiger partial charge on any atom is 0.394 e. The quantitative estimate of drug-likeness (QED) is 0.899. The van der Waals surface area contributed by atoms with Crippen LogP contribution in [0.3, 0.4) is 0 Å². The maximum absolute atomic E-state index is 13.1. The molecule has 1 aromatic rings. The zero-order chi connectivity index (χ0) is 17.6. The summed E-state index contributed by atoms with van der Waals surface area (Å²) >= 11 is 0. The molecule has 2 heterocycles. The summed E-state index contributed by atoms with van der Waals surface area (Å²) in [6.45, 7) is 0.781. The van der Waals surface area contributed by atoms with Gasteiger partial charge in [0.15, 0.2) is 0 Å². The third kappa shape index (κ3) is 3.07. The minimum Gasteiger partial charge on any atom is -0.369 e. The van der Waals surface area contributed by atoms with Gasteiger partial charge in [0.05, 0.1) is 23.1 Å². The van der Waals surface area contributed by atoms with Crippen molar-refractivity contribution >= 4 is 11.8 Å². The largest absolute Gasteiger partial charge is 0.394 e. The van der Waals surface area contributed by atoms with Gasteiger partial charge >= 0.3 is 6.18 Å². The highest BCUT2D eigenvalue weighted by atomic mass is 19.4. The molecule has 1 aliphatic heterocycles. The van der Waals surface area contributed by atoms with E-state index in [1.807, 2.05) is 0 Å². The first-order chi connectivity index (χ1) is 11.2. The molecule has 0 aromatic carbocycles. The van der Waals surface area contributed by atoms with Gasteiger partial charge in [-0.15, -0.1) is 0 Å². The van der Waals surface area contributed by atoms with E-state index < -0.39 is 36.4 Å². The number of amides is 2. The van der Waals surface area contributed by atoms with Crippen molar-refractivity contribution in [3.8, 4) is 0 Å². The molecule has 6 nitrogen and oxygen atoms in total. The number of primary amides is 1. The molecule has 0 bridgehead atoms. The van der Waals surface area contributed by atoms with E-state index in [9.17, 15) is 22.8 Å². The number of nitrogens with zero attached hydrogens (tertiary/aromatic N) is 3. The second-order valence-corrected chi connectivity index (χ2v) is 6.36. The lowest BCUT2D eigenvalue weighted by Gasteiger charge is -2.19. The predicted molar refractivity (Wildman–Crippen MR) is 76.9 cm³/mol. The standard InChI is InChI=1S/C15H17F3N4O2/c1-7-20-4-9(12(21-7)8-2-3-8)14(24)22-5-10(13(19)23)11(6-22)15(16,17)18/h4,8,10-11H,2-3,5-6H2,1H3,(H2,19,23)/t10-,11-/m1/s1. The summed E-state index contributed by atoms with van der Waals surface area (Å²) in [5.74, 6) is -4.32. The van der Waals surface area contributed by atoms with E-state index in [1.165, 1.54) is 6.20 Å². The van der Waals surface area contributed by atoms with Gasteiger partial charge in [0, 0.05) is 25.2 Å². The number of carbonyl (C=O) groups is 2. The third-order valence-electron chi connectivity index (χ3n) is 4.53. The molecule has 24 heavy (non-hydrogen) atoms. The Bertz CT molecular complexity index is 688. The molecular weight excluding hydrogens is 325 g/mol. The lowest BCUT2D eigenvalue weighted by Crippen LogP contribution is -2.37. The normalized spacial score (nSPS) is 24.2. The lowest BCUT2D eigenvalue weighted by molar-refractivity contribution is -0.182. The first-order valence-corrected chi connectivity index (χ1v) is 7.67. The molecule has 3 rings (SSSR count). The van der Waals surface area contributed by atoms with E-state index in [2.05, 4.69) is 9.97 Å². The van der Waals surface area contributed by atoms with Crippen LogP contribution in [0.1, 0.15) is 40.6 Å². The Kier molecular flexibility index (Phi) is 3.97. The van der Waals surface area contributed by atoms with Gasteiger partial charge in [-0.25, -0.2) is 9.97 Å². The smallest absolute Gasteiger partial charge is 0.369 e. The summed E-state index contributed by atoms with van der Waals surface area (Å²) in [4.78, 5) is 33.3. The van der Waals surface area contributed by atoms with Crippen LogP contribution in [-0.4, -0.2) is 45.9 Å². The summed E-state index contributed by atoms with van der Waals surface area (Å²) in [5.41, 5.74) is 5.89. The van der Waals surface area contributed by atoms with Crippen molar-refractivity contribution in [1.82, 2.24) is 14.9 Å². The van der Waals surface area contributed by atoms with Gasteiger partial charge in [-0.3, -0.25) is 9.59 Å². The van der Waals surface area contributed by atoms with Gasteiger partial charge in [0.25, 0.3) is 5.91 Å². The van der Waals surface area contributed by atoms with Crippen LogP contribution >= 0.6 is 0 Å². The van der Waals surface area contributed by atoms with Gasteiger partial charge < -0.3 is 10.6 Å². The number of nitrogens with two attached hydrogens (primary N) is 1. The first kappa shape index (κ1) is 16.7. The molecule has 2 N–H and O–H groups in total. The van der Waals surface area contributed by atoms with Gasteiger partial charge in [-0.05, 0) is 19.8 Å². The fourth-order valence-electron chi connectivity index (χ4n) is 3.08. The Hall–Kier alpha value is -2.19. The molecule has 2 fully saturated rings. The van der Waals surface area contributed by atoms with Crippen LogP contribution < -0.4 is 5.73 Å². The number of alkyl halides is 3. The van der Waals surface area contributed by atoms with Gasteiger partial charge in [-0.2, -0.15) is 13.2 Å². The summed E-state index contributed by atoms with van der Waals surface area (Å²) in [6.07, 6.45) is -1.44. The summed E-state index contributed by atoms with van der Waals surface area (Å²) in [5, 5.41) is 0. The van der Waals surface area contributed by atoms with Crippen LogP contribution in [0.15, 0.2) is 6.20 Å². The number of halogens is 3. The van der Waals surface area contributed by atoms with Crippen molar-refractivity contribution in [2.24, 2.45) is 17.6 Å². The van der Waals surface area contributed by atoms with Gasteiger partial charge in [0.1, 0.15) is 5.82 Å². The van der Waals surface area contributed by atoms with E-state index in [0.29, 0.717) is 11.5 Å². The molecule has 1 aromatic heterocycles. The molecule has 2 aliphatic rings. The SMILES string of the molecule is Cc1ncc(C(=O)N2C[C@@H](C(F)(F)F)[C@H](C(N)=O)C2)c(C2CC2)n1. The van der Waals surface area contributed by atoms with Crippen LogP contribution in [0.4, 0.5) is 13.2 Å². The second kappa shape index (κ2) is 5.71. The number of hydrogen-bond acceptors (Lipinski definition) is 4. The number of hydrogen-bond donors (Lipinski definition) is 1. The summed E-state index contributed by atoms with van der Waals surface area (Å²) < 4.78 is 39.3. The number of likely N-dealkylation sites (tertiary alicyclic amines) is 1. The number of aryl methyl sites for hydroxylation is 1. The Labute approximate surface area is 136 Å². The fraction of sp³-hybridized carbons (Fsp3) is 0.600. The van der Waals surface area contributed by atoms with Crippen molar-refractivity contribution in [3.05, 3.63) is 23.3 Å². The fourth-order valence-corrected chi connectivity index (χ4v) is 3.08. The van der Waals surface area contributed by atoms with Crippen LogP contribution in [0.25, 0.3) is 0 Å². The average Bonchev–Trinajstić information content (AvgIpc) is 3.22. The molecule has 130 valence electrons. The predicted octanol–water partition coefficient (Wildman–Crippen LogP) is 1.40. The zero-order valence-electron chi connectivity index (χ0n) is 13.0. The zero-order valence-corrected chi connectivity index (χ0v) is 13.0. The first-order valence-electron chi connectivity index (χ1n) is 7.67. The Morgan fingerprint density at radius 2 is 1.96 bits per heavy atom. The second-order valence-electron chi connectivity index (χ2n) is 6.36. The molecule has 1 aliphatic carbocycles. The number of rotatable bonds is 3. The van der Waals surface area contributed by atoms with Crippen molar-refractivity contribution in [1.29, 1.82) is 0 Å². The molecule has 2 atom stereocenters. The number of aromatic nitrogens is 2. The van der Waals surface area contributed by atoms with Crippen LogP contribution in [0, 0.1) is 18.8 Å². The van der Waals surface area contributed by atoms with Crippen molar-refractivity contribution in [2.45, 2.75) is 31.9 Å². The molecule has 9 heteroatoms. The summed E-state index contributed by atoms with van der Waals surface area (Å²) in [6, 6.07) is 0. The Balaban J connectivity index is 1.87. The molecule has 2 amide bonds. The van der Waals surface area contributed by atoms with E-state index >= 15 is 0 Å². The van der Waals surface area contributed by atoms with E-state index in [-0.39, 0.29) is 18.0 Å². The minimum absolute atomic E-state index is 0.151. The molecular formula is C15H17F3N4O2. The van der Waals surface area contributed by atoms with Gasteiger partial charge in [-0.1, -0.05) is 0 Å². The van der Waals surface area contributed by atoms with Crippen LogP contribution in [0.2, 0.25) is 0 Å². The van der Waals surface area contributed by atoms with Crippen LogP contribution in [0.5, 0.6) is 0 Å². The summed E-state index contributed by atoms with van der Waals surface area (Å²) in [7, 11) is 0. The van der Waals surface area contributed by atoms with E-state index in [4.69, 9.17) is 5.73 Å². The molecule has 0 spiro atoms. The van der Waals surface area contributed by atoms with E-state index in [1.54, 1.807) is 6.92 Å². The van der Waals surface area contributed by atoms with E-state index in [0.717, 1.165) is 17.7 Å². The Morgan fingerprint density at radius 1 is 1.29 bits per heavy atom. The average molecular weight is 342 g/mol. The highest BCUT2D eigenvalue weighted by molar-refractivity contribution is 5.96. The highest BCUT2D eigenvalue weighted by Gasteiger charge is 2.53. The number of carbonyl (C=O) groups excluding carboxylic acids is 2. The van der Waals surface area contributed by atoms with Crippen molar-refractivity contribution < 1.29 is 22.8 Å². The topological polar surface area (TPSA) is 89.2 Å². The maximum atomic E-state index is 13.1. The molecule has 0 unspecified atom stereocenters. The molecule has 0 radical (unpaired) electrons. The Morgan fingerprint density at radius 3 is 2.46 bits per heavy atom. The van der Waals surface area contributed by atoms with Crippen molar-refractivity contribution in [3.63, 3.8) is 0 Å². The third-order valence-corrected chi connectivity index (χ3v) is 4.53. The van der Waals surface area contributed by atoms with Gasteiger partial charge in [0.2, 0.25) is 5.91 Å². The monoisotopic (exact) mass is 342 g/mol. The lowest BCUT2D eigenvalue weighted by atomic mass is 9.95. The minimum atomic E-state index is -4.59. The van der Waals surface area contributed by atoms with Crippen molar-refractivity contribution in [2.75, 3.05) is 13.1 Å².